The molecule has 0 radical (unpaired) electrons. The zero-order valence-corrected chi connectivity index (χ0v) is 41.3. The van der Waals surface area contributed by atoms with Crippen LogP contribution in [0.4, 0.5) is 34.1 Å². The fourth-order valence-electron chi connectivity index (χ4n) is 13.0. The Hall–Kier alpha value is -8.93. The second-order valence-corrected chi connectivity index (χ2v) is 22.0. The van der Waals surface area contributed by atoms with Gasteiger partial charge < -0.3 is 0 Å². The van der Waals surface area contributed by atoms with Crippen molar-refractivity contribution >= 4 is 148 Å². The molecule has 0 saturated heterocycles. The third-order valence-electron chi connectivity index (χ3n) is 15.9. The van der Waals surface area contributed by atoms with Gasteiger partial charge in [-0.15, -0.1) is 0 Å². The molecule has 342 valence electrons. The first kappa shape index (κ1) is 40.6. The van der Waals surface area contributed by atoms with Gasteiger partial charge >= 0.3 is 363 Å². The number of hydrogen-bond donors (Lipinski definition) is 0. The van der Waals surface area contributed by atoms with E-state index in [0.717, 1.165) is 106 Å². The van der Waals surface area contributed by atoms with Crippen LogP contribution in [0.3, 0.4) is 0 Å². The number of hydrogen-bond acceptors (Lipinski definition) is 5. The van der Waals surface area contributed by atoms with Crippen molar-refractivity contribution < 1.29 is 13.6 Å². The van der Waals surface area contributed by atoms with Crippen molar-refractivity contribution in [1.29, 1.82) is 0 Å². The quantitative estimate of drug-likeness (QED) is 0.164. The summed E-state index contributed by atoms with van der Waals surface area (Å²) < 4.78 is 24.0. The number of fused-ring (bicyclic) bond motifs is 16. The van der Waals surface area contributed by atoms with E-state index < -0.39 is 0 Å². The van der Waals surface area contributed by atoms with Crippen LogP contribution in [0.15, 0.2) is 239 Å². The van der Waals surface area contributed by atoms with Crippen molar-refractivity contribution in [2.24, 2.45) is 0 Å². The van der Waals surface area contributed by atoms with Crippen molar-refractivity contribution in [2.75, 3.05) is 9.80 Å². The molecule has 13 aromatic rings. The molecule has 74 heavy (non-hydrogen) atoms. The third kappa shape index (κ3) is 5.56. The average Bonchev–Trinajstić information content (AvgIpc) is 4.14. The second kappa shape index (κ2) is 15.3. The number of furan rings is 2. The van der Waals surface area contributed by atoms with Crippen LogP contribution in [-0.4, -0.2) is 28.4 Å². The van der Waals surface area contributed by atoms with Gasteiger partial charge in [-0.25, -0.2) is 0 Å². The van der Waals surface area contributed by atoms with E-state index in [2.05, 4.69) is 240 Å². The molecule has 0 N–H and O–H groups in total. The minimum absolute atomic E-state index is 0.0139. The fourth-order valence-corrected chi connectivity index (χ4v) is 15.7. The van der Waals surface area contributed by atoms with Crippen LogP contribution < -0.4 is 56.2 Å². The van der Waals surface area contributed by atoms with Gasteiger partial charge in [0, 0.05) is 0 Å². The van der Waals surface area contributed by atoms with Gasteiger partial charge in [-0.1, -0.05) is 66.7 Å². The maximum absolute atomic E-state index is 7.47. The molecule has 0 spiro atoms. The molecule has 17 rings (SSSR count). The summed E-state index contributed by atoms with van der Waals surface area (Å²) in [5, 5.41) is 4.55. The normalized spacial score (nSPS) is 13.6. The van der Waals surface area contributed by atoms with Gasteiger partial charge in [-0.2, -0.15) is 0 Å². The SMILES string of the molecule is c1ccc(-c2cccc(-c3ccccc3)c2N2c3cc4c(cc3B3c5ccccc5N(c5ccccc5)c5c3c2cc2oc3ccccc3c52)B2c3ccccc3[Se]c3c2c(cc2oc5ccccc5c32)O4)cc1. The number of benzene rings is 11. The van der Waals surface area contributed by atoms with E-state index in [1.54, 1.807) is 0 Å². The van der Waals surface area contributed by atoms with Crippen molar-refractivity contribution in [3.8, 4) is 33.8 Å². The van der Waals surface area contributed by atoms with Crippen molar-refractivity contribution in [1.82, 2.24) is 0 Å². The molecular formula is C66H38B2N2O3Se. The molecule has 11 aromatic carbocycles. The molecule has 0 fully saturated rings. The summed E-state index contributed by atoms with van der Waals surface area (Å²) in [5.74, 6) is 1.71. The van der Waals surface area contributed by atoms with Crippen LogP contribution in [0.1, 0.15) is 0 Å². The van der Waals surface area contributed by atoms with Crippen LogP contribution in [0.25, 0.3) is 66.1 Å². The summed E-state index contributed by atoms with van der Waals surface area (Å²) in [7, 11) is 0. The van der Waals surface area contributed by atoms with E-state index in [0.29, 0.717) is 0 Å². The minimum atomic E-state index is -0.168. The minimum Gasteiger partial charge on any atom is -0.0616 e. The first-order valence-corrected chi connectivity index (χ1v) is 27.0. The summed E-state index contributed by atoms with van der Waals surface area (Å²) in [6, 6.07) is 84.0. The molecule has 0 saturated carbocycles. The molecular weight excluding hydrogens is 969 g/mol. The Bertz CT molecular complexity index is 4480. The standard InChI is InChI=1S/C66H38B2N2O3Se/c1-4-19-39(20-5-1)42-27-18-28-43(40-21-6-2-7-22-40)64(42)70-51-36-55-49(68-47-30-13-17-34-59(47)74-66-61-45-26-11-16-33-54(45)72-57(61)38-58(73-55)63(66)68)35-48(51)67-46-29-12-14-31-50(46)69(41-23-8-3-9-24-41)65-60-44-25-10-15-32-53(44)71-56(60)37-52(70)62(65)67/h1-38H. The van der Waals surface area contributed by atoms with Crippen LogP contribution in [0.2, 0.25) is 0 Å². The zero-order chi connectivity index (χ0) is 48.2. The second-order valence-electron chi connectivity index (χ2n) is 19.8. The molecule has 2 aromatic heterocycles. The van der Waals surface area contributed by atoms with Crippen molar-refractivity contribution in [3.63, 3.8) is 0 Å². The van der Waals surface area contributed by atoms with Crippen LogP contribution in [-0.2, 0) is 0 Å². The Balaban J connectivity index is 1.04. The summed E-state index contributed by atoms with van der Waals surface area (Å²) in [6.45, 7) is -0.233. The molecule has 0 amide bonds. The van der Waals surface area contributed by atoms with Crippen molar-refractivity contribution in [3.05, 3.63) is 231 Å². The first-order chi connectivity index (χ1) is 36.7. The number of rotatable bonds is 4. The van der Waals surface area contributed by atoms with E-state index in [4.69, 9.17) is 13.6 Å². The Labute approximate surface area is 433 Å². The van der Waals surface area contributed by atoms with Gasteiger partial charge in [-0.3, -0.25) is 0 Å². The molecule has 0 bridgehead atoms. The maximum atomic E-state index is 7.47. The Kier molecular flexibility index (Phi) is 8.40. The Morgan fingerprint density at radius 1 is 0.365 bits per heavy atom. The molecule has 0 atom stereocenters. The van der Waals surface area contributed by atoms with E-state index >= 15 is 0 Å². The summed E-state index contributed by atoms with van der Waals surface area (Å²) >= 11 is 0.0139. The van der Waals surface area contributed by atoms with Gasteiger partial charge in [0.2, 0.25) is 0 Å². The molecule has 0 aliphatic carbocycles. The van der Waals surface area contributed by atoms with Crippen LogP contribution in [0.5, 0.6) is 11.5 Å². The zero-order valence-electron chi connectivity index (χ0n) is 39.6. The topological polar surface area (TPSA) is 42.0 Å². The van der Waals surface area contributed by atoms with Crippen LogP contribution >= 0.6 is 0 Å². The third-order valence-corrected chi connectivity index (χ3v) is 18.5. The number of anilines is 6. The van der Waals surface area contributed by atoms with Crippen molar-refractivity contribution in [2.45, 2.75) is 0 Å². The summed E-state index contributed by atoms with van der Waals surface area (Å²) in [6.07, 6.45) is 0. The predicted molar refractivity (Wildman–Crippen MR) is 309 cm³/mol. The van der Waals surface area contributed by atoms with E-state index in [1.807, 2.05) is 0 Å². The van der Waals surface area contributed by atoms with Gasteiger partial charge in [0.15, 0.2) is 0 Å². The van der Waals surface area contributed by atoms with E-state index in [1.165, 1.54) is 47.1 Å². The monoisotopic (exact) mass is 1010 g/mol. The van der Waals surface area contributed by atoms with Gasteiger partial charge in [0.1, 0.15) is 0 Å². The fraction of sp³-hybridized carbons (Fsp3) is 0. The number of ether oxygens (including phenoxy) is 1. The molecule has 4 aliphatic heterocycles. The molecule has 0 unspecified atom stereocenters. The molecule has 4 aliphatic rings. The predicted octanol–water partition coefficient (Wildman–Crippen LogP) is 11.5. The molecule has 6 heterocycles. The van der Waals surface area contributed by atoms with E-state index in [-0.39, 0.29) is 28.4 Å². The molecule has 8 heteroatoms. The number of nitrogens with zero attached hydrogens (tertiary/aromatic N) is 2. The smallest absolute Gasteiger partial charge is 0.0616 e. The molecule has 5 nitrogen and oxygen atoms in total. The Morgan fingerprint density at radius 3 is 1.69 bits per heavy atom. The first-order valence-electron chi connectivity index (χ1n) is 25.3. The summed E-state index contributed by atoms with van der Waals surface area (Å²) in [4.78, 5) is 5.06. The average molecular weight is 1010 g/mol. The van der Waals surface area contributed by atoms with Gasteiger partial charge in [0.05, 0.1) is 0 Å². The Morgan fingerprint density at radius 2 is 0.959 bits per heavy atom. The van der Waals surface area contributed by atoms with Crippen LogP contribution in [0, 0.1) is 0 Å². The summed E-state index contributed by atoms with van der Waals surface area (Å²) in [5.41, 5.74) is 22.0. The van der Waals surface area contributed by atoms with Gasteiger partial charge in [-0.05, 0) is 6.07 Å². The van der Waals surface area contributed by atoms with E-state index in [9.17, 15) is 0 Å². The number of para-hydroxylation sites is 5. The van der Waals surface area contributed by atoms with Gasteiger partial charge in [0.25, 0.3) is 0 Å².